The molecular weight excluding hydrogens is 372 g/mol. The Morgan fingerprint density at radius 1 is 1.07 bits per heavy atom. The number of carbonyl (C=O) groups is 2. The minimum atomic E-state index is -0.279. The van der Waals surface area contributed by atoms with E-state index in [1.807, 2.05) is 25.1 Å². The quantitative estimate of drug-likeness (QED) is 0.743. The Hall–Kier alpha value is -2.73. The number of ether oxygens (including phenoxy) is 1. The summed E-state index contributed by atoms with van der Waals surface area (Å²) >= 11 is 1.56. The van der Waals surface area contributed by atoms with E-state index in [0.717, 1.165) is 18.6 Å². The van der Waals surface area contributed by atoms with Gasteiger partial charge in [0.25, 0.3) is 11.8 Å². The second-order valence-corrected chi connectivity index (χ2v) is 7.61. The molecule has 146 valence electrons. The van der Waals surface area contributed by atoms with Gasteiger partial charge in [-0.2, -0.15) is 0 Å². The molecule has 0 aromatic heterocycles. The van der Waals surface area contributed by atoms with Crippen LogP contribution in [-0.4, -0.2) is 30.2 Å². The molecule has 1 aliphatic heterocycles. The third-order valence-electron chi connectivity index (χ3n) is 4.36. The normalized spacial score (nSPS) is 14.4. The number of rotatable bonds is 7. The van der Waals surface area contributed by atoms with Crippen LogP contribution in [0.25, 0.3) is 0 Å². The summed E-state index contributed by atoms with van der Waals surface area (Å²) in [6.45, 7) is 2.54. The first-order chi connectivity index (χ1) is 13.6. The first kappa shape index (κ1) is 20.0. The van der Waals surface area contributed by atoms with E-state index < -0.39 is 0 Å². The number of thioether (sulfide) groups is 1. The highest BCUT2D eigenvalue weighted by Gasteiger charge is 2.15. The SMILES string of the molecule is CC(CCc1ccccc1)NC(=O)c1ccc(NC(=O)C2=CSCCO2)cc1. The van der Waals surface area contributed by atoms with Gasteiger partial charge in [-0.15, -0.1) is 11.8 Å². The highest BCUT2D eigenvalue weighted by Crippen LogP contribution is 2.17. The van der Waals surface area contributed by atoms with E-state index in [-0.39, 0.29) is 17.9 Å². The molecule has 1 atom stereocenters. The van der Waals surface area contributed by atoms with E-state index in [0.29, 0.717) is 23.6 Å². The highest BCUT2D eigenvalue weighted by atomic mass is 32.2. The van der Waals surface area contributed by atoms with Crippen molar-refractivity contribution in [2.24, 2.45) is 0 Å². The summed E-state index contributed by atoms with van der Waals surface area (Å²) in [7, 11) is 0. The molecule has 0 bridgehead atoms. The topological polar surface area (TPSA) is 67.4 Å². The molecule has 3 rings (SSSR count). The third kappa shape index (κ3) is 5.89. The van der Waals surface area contributed by atoms with Gasteiger partial charge in [0.05, 0.1) is 6.61 Å². The van der Waals surface area contributed by atoms with Gasteiger partial charge in [0.2, 0.25) is 0 Å². The van der Waals surface area contributed by atoms with Crippen LogP contribution in [0.3, 0.4) is 0 Å². The lowest BCUT2D eigenvalue weighted by atomic mass is 10.1. The van der Waals surface area contributed by atoms with Gasteiger partial charge in [-0.05, 0) is 49.6 Å². The van der Waals surface area contributed by atoms with Gasteiger partial charge < -0.3 is 15.4 Å². The molecule has 2 amide bonds. The average molecular weight is 397 g/mol. The predicted octanol–water partition coefficient (Wildman–Crippen LogP) is 3.98. The Labute approximate surface area is 169 Å². The molecule has 1 unspecified atom stereocenters. The smallest absolute Gasteiger partial charge is 0.291 e. The van der Waals surface area contributed by atoms with Crippen LogP contribution >= 0.6 is 11.8 Å². The van der Waals surface area contributed by atoms with E-state index >= 15 is 0 Å². The maximum Gasteiger partial charge on any atom is 0.291 e. The zero-order valence-electron chi connectivity index (χ0n) is 15.8. The minimum absolute atomic E-state index is 0.0694. The molecule has 0 fully saturated rings. The molecule has 0 saturated carbocycles. The Balaban J connectivity index is 1.49. The lowest BCUT2D eigenvalue weighted by Gasteiger charge is -2.15. The Morgan fingerprint density at radius 3 is 2.50 bits per heavy atom. The fourth-order valence-electron chi connectivity index (χ4n) is 2.79. The fourth-order valence-corrected chi connectivity index (χ4v) is 3.42. The summed E-state index contributed by atoms with van der Waals surface area (Å²) in [6, 6.07) is 17.2. The molecule has 2 aromatic rings. The number of aryl methyl sites for hydroxylation is 1. The van der Waals surface area contributed by atoms with Gasteiger partial charge in [-0.3, -0.25) is 9.59 Å². The summed E-state index contributed by atoms with van der Waals surface area (Å²) in [6.07, 6.45) is 1.79. The summed E-state index contributed by atoms with van der Waals surface area (Å²) in [5.41, 5.74) is 2.45. The van der Waals surface area contributed by atoms with Crippen molar-refractivity contribution in [1.82, 2.24) is 5.32 Å². The Kier molecular flexibility index (Phi) is 7.14. The van der Waals surface area contributed by atoms with Crippen molar-refractivity contribution >= 4 is 29.3 Å². The van der Waals surface area contributed by atoms with E-state index in [1.165, 1.54) is 5.56 Å². The number of hydrogen-bond acceptors (Lipinski definition) is 4. The summed E-state index contributed by atoms with van der Waals surface area (Å²) in [5, 5.41) is 7.52. The number of nitrogens with one attached hydrogen (secondary N) is 2. The van der Waals surface area contributed by atoms with Gasteiger partial charge >= 0.3 is 0 Å². The number of amides is 2. The molecule has 0 saturated heterocycles. The van der Waals surface area contributed by atoms with Crippen LogP contribution in [0.1, 0.15) is 29.3 Å². The van der Waals surface area contributed by atoms with Crippen LogP contribution in [0.4, 0.5) is 5.69 Å². The van der Waals surface area contributed by atoms with E-state index in [1.54, 1.807) is 41.4 Å². The largest absolute Gasteiger partial charge is 0.487 e. The van der Waals surface area contributed by atoms with Crippen molar-refractivity contribution in [2.45, 2.75) is 25.8 Å². The maximum absolute atomic E-state index is 12.4. The molecule has 28 heavy (non-hydrogen) atoms. The average Bonchev–Trinajstić information content (AvgIpc) is 2.74. The lowest BCUT2D eigenvalue weighted by molar-refractivity contribution is -0.116. The van der Waals surface area contributed by atoms with E-state index in [9.17, 15) is 9.59 Å². The Bertz CT molecular complexity index is 835. The second kappa shape index (κ2) is 9.99. The fraction of sp³-hybridized carbons (Fsp3) is 0.273. The first-order valence-corrected chi connectivity index (χ1v) is 10.4. The summed E-state index contributed by atoms with van der Waals surface area (Å²) in [5.74, 6) is 0.780. The number of hydrogen-bond donors (Lipinski definition) is 2. The molecule has 0 radical (unpaired) electrons. The predicted molar refractivity (Wildman–Crippen MR) is 113 cm³/mol. The standard InChI is InChI=1S/C22H24N2O3S/c1-16(7-8-17-5-3-2-4-6-17)23-21(25)18-9-11-19(12-10-18)24-22(26)20-15-28-14-13-27-20/h2-6,9-12,15-16H,7-8,13-14H2,1H3,(H,23,25)(H,24,26). The number of carbonyl (C=O) groups excluding carboxylic acids is 2. The van der Waals surface area contributed by atoms with Crippen molar-refractivity contribution in [3.05, 3.63) is 76.9 Å². The zero-order valence-corrected chi connectivity index (χ0v) is 16.6. The number of benzene rings is 2. The molecule has 1 aliphatic rings. The second-order valence-electron chi connectivity index (χ2n) is 6.63. The molecule has 2 N–H and O–H groups in total. The molecule has 1 heterocycles. The van der Waals surface area contributed by atoms with Crippen LogP contribution < -0.4 is 10.6 Å². The minimum Gasteiger partial charge on any atom is -0.487 e. The monoisotopic (exact) mass is 396 g/mol. The first-order valence-electron chi connectivity index (χ1n) is 9.32. The summed E-state index contributed by atoms with van der Waals surface area (Å²) < 4.78 is 5.34. The Morgan fingerprint density at radius 2 is 1.82 bits per heavy atom. The van der Waals surface area contributed by atoms with Gasteiger partial charge in [0, 0.05) is 28.5 Å². The number of anilines is 1. The van der Waals surface area contributed by atoms with Crippen molar-refractivity contribution in [3.8, 4) is 0 Å². The third-order valence-corrected chi connectivity index (χ3v) is 5.15. The van der Waals surface area contributed by atoms with Gasteiger partial charge in [0.1, 0.15) is 0 Å². The molecule has 2 aromatic carbocycles. The van der Waals surface area contributed by atoms with Crippen LogP contribution in [0.15, 0.2) is 65.8 Å². The lowest BCUT2D eigenvalue weighted by Crippen LogP contribution is -2.32. The van der Waals surface area contributed by atoms with Crippen molar-refractivity contribution in [2.75, 3.05) is 17.7 Å². The molecule has 5 nitrogen and oxygen atoms in total. The molecule has 0 aliphatic carbocycles. The van der Waals surface area contributed by atoms with Crippen molar-refractivity contribution in [3.63, 3.8) is 0 Å². The van der Waals surface area contributed by atoms with E-state index in [4.69, 9.17) is 4.74 Å². The van der Waals surface area contributed by atoms with Crippen LogP contribution in [-0.2, 0) is 16.0 Å². The van der Waals surface area contributed by atoms with Gasteiger partial charge in [0.15, 0.2) is 5.76 Å². The summed E-state index contributed by atoms with van der Waals surface area (Å²) in [4.78, 5) is 24.5. The van der Waals surface area contributed by atoms with Crippen LogP contribution in [0.2, 0.25) is 0 Å². The van der Waals surface area contributed by atoms with Gasteiger partial charge in [-0.25, -0.2) is 0 Å². The zero-order chi connectivity index (χ0) is 19.8. The van der Waals surface area contributed by atoms with E-state index in [2.05, 4.69) is 22.8 Å². The molecule has 6 heteroatoms. The van der Waals surface area contributed by atoms with Crippen molar-refractivity contribution in [1.29, 1.82) is 0 Å². The highest BCUT2D eigenvalue weighted by molar-refractivity contribution is 8.02. The van der Waals surface area contributed by atoms with Crippen LogP contribution in [0.5, 0.6) is 0 Å². The maximum atomic E-state index is 12.4. The van der Waals surface area contributed by atoms with Crippen LogP contribution in [0, 0.1) is 0 Å². The molecule has 0 spiro atoms. The van der Waals surface area contributed by atoms with Crippen molar-refractivity contribution < 1.29 is 14.3 Å². The molecular formula is C22H24N2O3S. The van der Waals surface area contributed by atoms with Gasteiger partial charge in [-0.1, -0.05) is 30.3 Å².